The Hall–Kier alpha value is -3.26. The van der Waals surface area contributed by atoms with Crippen LogP contribution in [0.2, 0.25) is 0 Å². The molecule has 0 radical (unpaired) electrons. The van der Waals surface area contributed by atoms with E-state index in [-0.39, 0.29) is 11.8 Å². The van der Waals surface area contributed by atoms with Crippen LogP contribution in [0.4, 0.5) is 0 Å². The molecule has 0 saturated carbocycles. The number of ether oxygens (including phenoxy) is 3. The summed E-state index contributed by atoms with van der Waals surface area (Å²) >= 11 is 0. The predicted octanol–water partition coefficient (Wildman–Crippen LogP) is 5.31. The largest absolute Gasteiger partial charge is 0.493 e. The number of hydrogen-bond donors (Lipinski definition) is 0. The van der Waals surface area contributed by atoms with Crippen molar-refractivity contribution in [1.82, 2.24) is 0 Å². The van der Waals surface area contributed by atoms with Gasteiger partial charge in [0, 0.05) is 30.4 Å². The Morgan fingerprint density at radius 1 is 1.12 bits per heavy atom. The van der Waals surface area contributed by atoms with Crippen LogP contribution in [0.1, 0.15) is 72.5 Å². The van der Waals surface area contributed by atoms with E-state index in [0.29, 0.717) is 38.0 Å². The standard InChI is InChI=1S/C28H32O5/c1-3-10-23-21(14-16-24-25(29)18-20-33-28(23)24)11-6-4-5-9-19-32-26-13-8-7-12-22(26)15-17-27(30)31-2/h7-8,12-14,16H,3-5,9-10,15,17-20H2,1-2H3. The SMILES string of the molecule is CCCc1c(C#CCCCCOc2ccccc2CCC(=O)OC)ccc2c1OCCC2=O. The molecule has 0 atom stereocenters. The summed E-state index contributed by atoms with van der Waals surface area (Å²) < 4.78 is 16.5. The molecule has 174 valence electrons. The molecule has 33 heavy (non-hydrogen) atoms. The highest BCUT2D eigenvalue weighted by Crippen LogP contribution is 2.32. The lowest BCUT2D eigenvalue weighted by Crippen LogP contribution is -2.17. The van der Waals surface area contributed by atoms with Gasteiger partial charge in [-0.1, -0.05) is 43.4 Å². The Balaban J connectivity index is 1.50. The van der Waals surface area contributed by atoms with Gasteiger partial charge in [-0.15, -0.1) is 0 Å². The van der Waals surface area contributed by atoms with Gasteiger partial charge in [-0.3, -0.25) is 9.59 Å². The zero-order valence-corrected chi connectivity index (χ0v) is 19.6. The fraction of sp³-hybridized carbons (Fsp3) is 0.429. The van der Waals surface area contributed by atoms with E-state index in [1.807, 2.05) is 36.4 Å². The average Bonchev–Trinajstić information content (AvgIpc) is 2.84. The second-order valence-electron chi connectivity index (χ2n) is 8.03. The number of unbranched alkanes of at least 4 members (excludes halogenated alkanes) is 2. The summed E-state index contributed by atoms with van der Waals surface area (Å²) in [6, 6.07) is 11.6. The Morgan fingerprint density at radius 3 is 2.79 bits per heavy atom. The van der Waals surface area contributed by atoms with E-state index in [4.69, 9.17) is 14.2 Å². The van der Waals surface area contributed by atoms with Crippen molar-refractivity contribution in [3.8, 4) is 23.3 Å². The van der Waals surface area contributed by atoms with Crippen molar-refractivity contribution in [2.75, 3.05) is 20.3 Å². The van der Waals surface area contributed by atoms with Crippen LogP contribution in [0.5, 0.6) is 11.5 Å². The van der Waals surface area contributed by atoms with Gasteiger partial charge < -0.3 is 14.2 Å². The maximum Gasteiger partial charge on any atom is 0.305 e. The lowest BCUT2D eigenvalue weighted by molar-refractivity contribution is -0.140. The fourth-order valence-electron chi connectivity index (χ4n) is 3.85. The highest BCUT2D eigenvalue weighted by molar-refractivity contribution is 6.00. The van der Waals surface area contributed by atoms with E-state index in [0.717, 1.165) is 60.3 Å². The molecule has 0 amide bonds. The Labute approximate surface area is 196 Å². The van der Waals surface area contributed by atoms with Crippen molar-refractivity contribution < 1.29 is 23.8 Å². The third-order valence-electron chi connectivity index (χ3n) is 5.61. The molecule has 0 N–H and O–H groups in total. The summed E-state index contributed by atoms with van der Waals surface area (Å²) in [5.74, 6) is 8.05. The minimum atomic E-state index is -0.220. The summed E-state index contributed by atoms with van der Waals surface area (Å²) in [6.07, 6.45) is 5.81. The number of ketones is 1. The number of carbonyl (C=O) groups is 2. The van der Waals surface area contributed by atoms with E-state index in [1.165, 1.54) is 7.11 Å². The van der Waals surface area contributed by atoms with Gasteiger partial charge in [-0.2, -0.15) is 0 Å². The van der Waals surface area contributed by atoms with Crippen LogP contribution < -0.4 is 9.47 Å². The predicted molar refractivity (Wildman–Crippen MR) is 128 cm³/mol. The normalized spacial score (nSPS) is 12.2. The summed E-state index contributed by atoms with van der Waals surface area (Å²) in [6.45, 7) is 3.17. The highest BCUT2D eigenvalue weighted by atomic mass is 16.5. The zero-order chi connectivity index (χ0) is 23.5. The molecule has 2 aromatic rings. The molecule has 5 heteroatoms. The van der Waals surface area contributed by atoms with Crippen molar-refractivity contribution in [2.45, 2.75) is 58.3 Å². The first-order valence-electron chi connectivity index (χ1n) is 11.7. The molecule has 0 aliphatic carbocycles. The number of rotatable bonds is 10. The van der Waals surface area contributed by atoms with Crippen molar-refractivity contribution in [3.63, 3.8) is 0 Å². The number of methoxy groups -OCH3 is 1. The topological polar surface area (TPSA) is 61.8 Å². The van der Waals surface area contributed by atoms with E-state index >= 15 is 0 Å². The van der Waals surface area contributed by atoms with E-state index in [2.05, 4.69) is 18.8 Å². The number of aryl methyl sites for hydroxylation is 1. The number of benzene rings is 2. The first-order chi connectivity index (χ1) is 16.1. The van der Waals surface area contributed by atoms with Gasteiger partial charge in [0.2, 0.25) is 0 Å². The van der Waals surface area contributed by atoms with Gasteiger partial charge in [-0.05, 0) is 49.4 Å². The molecular formula is C28H32O5. The zero-order valence-electron chi connectivity index (χ0n) is 19.6. The molecule has 2 aromatic carbocycles. The van der Waals surface area contributed by atoms with Gasteiger partial charge in [0.05, 0.1) is 25.9 Å². The molecule has 0 spiro atoms. The van der Waals surface area contributed by atoms with Gasteiger partial charge in [-0.25, -0.2) is 0 Å². The lowest BCUT2D eigenvalue weighted by atomic mass is 9.94. The van der Waals surface area contributed by atoms with Gasteiger partial charge in [0.15, 0.2) is 5.78 Å². The van der Waals surface area contributed by atoms with Crippen molar-refractivity contribution in [3.05, 3.63) is 58.7 Å². The molecule has 3 rings (SSSR count). The average molecular weight is 449 g/mol. The highest BCUT2D eigenvalue weighted by Gasteiger charge is 2.22. The van der Waals surface area contributed by atoms with Crippen molar-refractivity contribution in [1.29, 1.82) is 0 Å². The second-order valence-corrected chi connectivity index (χ2v) is 8.03. The molecule has 1 heterocycles. The maximum absolute atomic E-state index is 12.2. The van der Waals surface area contributed by atoms with Crippen LogP contribution >= 0.6 is 0 Å². The first-order valence-corrected chi connectivity index (χ1v) is 11.7. The lowest BCUT2D eigenvalue weighted by Gasteiger charge is -2.20. The molecule has 5 nitrogen and oxygen atoms in total. The van der Waals surface area contributed by atoms with Crippen LogP contribution in [-0.4, -0.2) is 32.1 Å². The Kier molecular flexibility index (Phi) is 9.38. The van der Waals surface area contributed by atoms with Crippen LogP contribution in [0.25, 0.3) is 0 Å². The van der Waals surface area contributed by atoms with E-state index in [1.54, 1.807) is 0 Å². The maximum atomic E-state index is 12.2. The number of carbonyl (C=O) groups excluding carboxylic acids is 2. The molecule has 0 unspecified atom stereocenters. The van der Waals surface area contributed by atoms with Crippen LogP contribution in [0, 0.1) is 11.8 Å². The monoisotopic (exact) mass is 448 g/mol. The summed E-state index contributed by atoms with van der Waals surface area (Å²) in [4.78, 5) is 23.6. The molecule has 1 aliphatic rings. The smallest absolute Gasteiger partial charge is 0.305 e. The van der Waals surface area contributed by atoms with Crippen LogP contribution in [0.15, 0.2) is 36.4 Å². The fourth-order valence-corrected chi connectivity index (χ4v) is 3.85. The van der Waals surface area contributed by atoms with Crippen molar-refractivity contribution >= 4 is 11.8 Å². The molecule has 0 fully saturated rings. The van der Waals surface area contributed by atoms with Gasteiger partial charge in [0.1, 0.15) is 11.5 Å². The summed E-state index contributed by atoms with van der Waals surface area (Å²) in [5.41, 5.74) is 3.72. The van der Waals surface area contributed by atoms with E-state index in [9.17, 15) is 9.59 Å². The first kappa shape index (κ1) is 24.4. The Morgan fingerprint density at radius 2 is 1.97 bits per heavy atom. The quantitative estimate of drug-likeness (QED) is 0.280. The second kappa shape index (κ2) is 12.7. The van der Waals surface area contributed by atoms with E-state index < -0.39 is 0 Å². The molecular weight excluding hydrogens is 416 g/mol. The molecule has 0 saturated heterocycles. The van der Waals surface area contributed by atoms with Crippen molar-refractivity contribution in [2.24, 2.45) is 0 Å². The Bertz CT molecular complexity index is 1030. The summed E-state index contributed by atoms with van der Waals surface area (Å²) in [5, 5.41) is 0. The van der Waals surface area contributed by atoms with Crippen LogP contribution in [0.3, 0.4) is 0 Å². The number of hydrogen-bond acceptors (Lipinski definition) is 5. The number of fused-ring (bicyclic) bond motifs is 1. The molecule has 1 aliphatic heterocycles. The van der Waals surface area contributed by atoms with Gasteiger partial charge in [0.25, 0.3) is 0 Å². The molecule has 0 bridgehead atoms. The third-order valence-corrected chi connectivity index (χ3v) is 5.61. The van der Waals surface area contributed by atoms with Crippen LogP contribution in [-0.2, 0) is 22.4 Å². The summed E-state index contributed by atoms with van der Waals surface area (Å²) in [7, 11) is 1.40. The minimum absolute atomic E-state index is 0.153. The minimum Gasteiger partial charge on any atom is -0.493 e. The third kappa shape index (κ3) is 6.86. The number of Topliss-reactive ketones (excluding diaryl/α,β-unsaturated/α-hetero) is 1. The number of esters is 1. The number of para-hydroxylation sites is 1. The molecule has 0 aromatic heterocycles. The van der Waals surface area contributed by atoms with Gasteiger partial charge >= 0.3 is 5.97 Å².